The summed E-state index contributed by atoms with van der Waals surface area (Å²) in [6, 6.07) is 7.32. The first-order valence-electron chi connectivity index (χ1n) is 6.36. The van der Waals surface area contributed by atoms with Crippen LogP contribution in [0.1, 0.15) is 11.1 Å². The lowest BCUT2D eigenvalue weighted by Gasteiger charge is -2.09. The van der Waals surface area contributed by atoms with Gasteiger partial charge in [0, 0.05) is 5.56 Å². The number of aryl methyl sites for hydroxylation is 2. The third-order valence-electron chi connectivity index (χ3n) is 3.40. The van der Waals surface area contributed by atoms with Gasteiger partial charge in [0.2, 0.25) is 0 Å². The Kier molecular flexibility index (Phi) is 3.33. The summed E-state index contributed by atoms with van der Waals surface area (Å²) >= 11 is 6.10. The van der Waals surface area contributed by atoms with Crippen molar-refractivity contribution in [1.29, 1.82) is 0 Å². The van der Waals surface area contributed by atoms with Crippen LogP contribution in [-0.2, 0) is 0 Å². The van der Waals surface area contributed by atoms with E-state index in [0.717, 1.165) is 11.1 Å². The molecule has 0 aliphatic rings. The molecular weight excluding hydrogens is 294 g/mol. The molecule has 106 valence electrons. The Morgan fingerprint density at radius 1 is 0.952 bits per heavy atom. The number of fused-ring (bicyclic) bond motifs is 1. The van der Waals surface area contributed by atoms with Crippen molar-refractivity contribution < 1.29 is 8.78 Å². The second-order valence-electron chi connectivity index (χ2n) is 4.89. The lowest BCUT2D eigenvalue weighted by molar-refractivity contribution is 0.627. The number of hydrogen-bond acceptors (Lipinski definition) is 2. The zero-order valence-corrected chi connectivity index (χ0v) is 12.2. The number of halogens is 3. The van der Waals surface area contributed by atoms with Gasteiger partial charge >= 0.3 is 0 Å². The van der Waals surface area contributed by atoms with Gasteiger partial charge in [-0.15, -0.1) is 0 Å². The number of benzene rings is 2. The fourth-order valence-electron chi connectivity index (χ4n) is 2.25. The predicted octanol–water partition coefficient (Wildman–Crippen LogP) is 4.85. The first-order chi connectivity index (χ1) is 9.97. The van der Waals surface area contributed by atoms with Crippen LogP contribution < -0.4 is 0 Å². The minimum atomic E-state index is -0.469. The third kappa shape index (κ3) is 2.36. The Labute approximate surface area is 125 Å². The molecule has 1 heterocycles. The zero-order chi connectivity index (χ0) is 15.1. The number of nitrogens with zero attached hydrogens (tertiary/aromatic N) is 2. The summed E-state index contributed by atoms with van der Waals surface area (Å²) in [5, 5.41) is 0.217. The van der Waals surface area contributed by atoms with E-state index in [0.29, 0.717) is 16.9 Å². The van der Waals surface area contributed by atoms with Gasteiger partial charge in [-0.05, 0) is 43.2 Å². The predicted molar refractivity (Wildman–Crippen MR) is 79.4 cm³/mol. The molecule has 0 spiro atoms. The monoisotopic (exact) mass is 304 g/mol. The fourth-order valence-corrected chi connectivity index (χ4v) is 2.51. The highest BCUT2D eigenvalue weighted by Crippen LogP contribution is 2.30. The highest BCUT2D eigenvalue weighted by atomic mass is 35.5. The molecular formula is C16H11ClF2N2. The third-order valence-corrected chi connectivity index (χ3v) is 3.67. The van der Waals surface area contributed by atoms with Gasteiger partial charge in [-0.3, -0.25) is 0 Å². The van der Waals surface area contributed by atoms with E-state index in [1.807, 2.05) is 13.8 Å². The summed E-state index contributed by atoms with van der Waals surface area (Å²) in [6.07, 6.45) is 0. The molecule has 0 bridgehead atoms. The zero-order valence-electron chi connectivity index (χ0n) is 11.4. The van der Waals surface area contributed by atoms with E-state index in [1.54, 1.807) is 12.1 Å². The molecule has 2 aromatic carbocycles. The molecule has 1 aromatic heterocycles. The summed E-state index contributed by atoms with van der Waals surface area (Å²) in [5.74, 6) is -0.562. The van der Waals surface area contributed by atoms with Crippen LogP contribution in [0.4, 0.5) is 8.78 Å². The van der Waals surface area contributed by atoms with Crippen molar-refractivity contribution >= 4 is 22.5 Å². The SMILES string of the molecule is Cc1ccc(F)cc1-c1nc(Cl)c2c(F)ccc(C)c2n1. The Bertz CT molecular complexity index is 863. The van der Waals surface area contributed by atoms with E-state index >= 15 is 0 Å². The van der Waals surface area contributed by atoms with E-state index in [2.05, 4.69) is 9.97 Å². The molecule has 0 N–H and O–H groups in total. The van der Waals surface area contributed by atoms with Gasteiger partial charge in [0.05, 0.1) is 10.9 Å². The molecule has 0 fully saturated rings. The van der Waals surface area contributed by atoms with Crippen molar-refractivity contribution in [1.82, 2.24) is 9.97 Å². The van der Waals surface area contributed by atoms with Gasteiger partial charge in [0.25, 0.3) is 0 Å². The largest absolute Gasteiger partial charge is 0.227 e. The van der Waals surface area contributed by atoms with E-state index in [9.17, 15) is 8.78 Å². The van der Waals surface area contributed by atoms with Crippen LogP contribution in [0.25, 0.3) is 22.3 Å². The molecule has 2 nitrogen and oxygen atoms in total. The van der Waals surface area contributed by atoms with Crippen LogP contribution in [0, 0.1) is 25.5 Å². The van der Waals surface area contributed by atoms with Crippen LogP contribution in [0.2, 0.25) is 5.15 Å². The molecule has 0 aliphatic carbocycles. The normalized spacial score (nSPS) is 11.1. The molecule has 0 aliphatic heterocycles. The first-order valence-corrected chi connectivity index (χ1v) is 6.74. The van der Waals surface area contributed by atoms with Gasteiger partial charge in [0.1, 0.15) is 16.8 Å². The van der Waals surface area contributed by atoms with Crippen molar-refractivity contribution in [2.24, 2.45) is 0 Å². The van der Waals surface area contributed by atoms with Crippen LogP contribution in [0.15, 0.2) is 30.3 Å². The van der Waals surface area contributed by atoms with E-state index in [4.69, 9.17) is 11.6 Å². The van der Waals surface area contributed by atoms with Crippen LogP contribution in [0.3, 0.4) is 0 Å². The Morgan fingerprint density at radius 3 is 2.43 bits per heavy atom. The highest BCUT2D eigenvalue weighted by Gasteiger charge is 2.15. The Balaban J connectivity index is 2.35. The smallest absolute Gasteiger partial charge is 0.161 e. The maximum atomic E-state index is 13.9. The molecule has 0 unspecified atom stereocenters. The number of rotatable bonds is 1. The maximum absolute atomic E-state index is 13.9. The van der Waals surface area contributed by atoms with E-state index in [-0.39, 0.29) is 16.4 Å². The summed E-state index contributed by atoms with van der Waals surface area (Å²) in [7, 11) is 0. The van der Waals surface area contributed by atoms with Gasteiger partial charge in [-0.1, -0.05) is 23.7 Å². The van der Waals surface area contributed by atoms with Crippen molar-refractivity contribution in [3.63, 3.8) is 0 Å². The maximum Gasteiger partial charge on any atom is 0.161 e. The van der Waals surface area contributed by atoms with Gasteiger partial charge < -0.3 is 0 Å². The van der Waals surface area contributed by atoms with Gasteiger partial charge in [-0.2, -0.15) is 0 Å². The first kappa shape index (κ1) is 13.9. The average Bonchev–Trinajstić information content (AvgIpc) is 2.45. The van der Waals surface area contributed by atoms with Crippen molar-refractivity contribution in [2.75, 3.05) is 0 Å². The topological polar surface area (TPSA) is 25.8 Å². The minimum Gasteiger partial charge on any atom is -0.227 e. The number of hydrogen-bond donors (Lipinski definition) is 0. The summed E-state index contributed by atoms with van der Waals surface area (Å²) in [6.45, 7) is 3.64. The molecule has 3 aromatic rings. The molecule has 0 atom stereocenters. The fraction of sp³-hybridized carbons (Fsp3) is 0.125. The van der Waals surface area contributed by atoms with Gasteiger partial charge in [0.15, 0.2) is 5.82 Å². The lowest BCUT2D eigenvalue weighted by atomic mass is 10.1. The Hall–Kier alpha value is -2.07. The molecule has 0 saturated carbocycles. The van der Waals surface area contributed by atoms with Gasteiger partial charge in [-0.25, -0.2) is 18.7 Å². The molecule has 0 radical (unpaired) electrons. The van der Waals surface area contributed by atoms with Crippen molar-refractivity contribution in [3.05, 3.63) is 58.2 Å². The quantitative estimate of drug-likeness (QED) is 0.601. The average molecular weight is 305 g/mol. The number of aromatic nitrogens is 2. The molecule has 5 heteroatoms. The molecule has 0 amide bonds. The van der Waals surface area contributed by atoms with Crippen LogP contribution >= 0.6 is 11.6 Å². The molecule has 21 heavy (non-hydrogen) atoms. The van der Waals surface area contributed by atoms with Crippen molar-refractivity contribution in [2.45, 2.75) is 13.8 Å². The van der Waals surface area contributed by atoms with Crippen LogP contribution in [0.5, 0.6) is 0 Å². The Morgan fingerprint density at radius 2 is 1.67 bits per heavy atom. The molecule has 0 saturated heterocycles. The summed E-state index contributed by atoms with van der Waals surface area (Å²) in [5.41, 5.74) is 2.59. The van der Waals surface area contributed by atoms with Crippen LogP contribution in [-0.4, -0.2) is 9.97 Å². The molecule has 3 rings (SSSR count). The lowest BCUT2D eigenvalue weighted by Crippen LogP contribution is -1.97. The second-order valence-corrected chi connectivity index (χ2v) is 5.24. The van der Waals surface area contributed by atoms with Crippen molar-refractivity contribution in [3.8, 4) is 11.4 Å². The summed E-state index contributed by atoms with van der Waals surface area (Å²) in [4.78, 5) is 8.49. The minimum absolute atomic E-state index is 0.0276. The second kappa shape index (κ2) is 5.04. The standard InChI is InChI=1S/C16H11ClF2N2/c1-8-3-5-10(18)7-11(8)16-20-14-9(2)4-6-12(19)13(14)15(17)21-16/h3-7H,1-2H3. The highest BCUT2D eigenvalue weighted by molar-refractivity contribution is 6.34. The van der Waals surface area contributed by atoms with E-state index in [1.165, 1.54) is 18.2 Å². The van der Waals surface area contributed by atoms with E-state index < -0.39 is 5.82 Å². The summed E-state index contributed by atoms with van der Waals surface area (Å²) < 4.78 is 27.3.